The molecular weight excluding hydrogens is 578 g/mol. The first-order valence-electron chi connectivity index (χ1n) is 14.0. The number of rotatable bonds is 6. The number of guanidine groups is 1. The van der Waals surface area contributed by atoms with Crippen LogP contribution in [0.2, 0.25) is 0 Å². The number of esters is 1. The number of methoxy groups -OCH3 is 1. The smallest absolute Gasteiger partial charge is 0.338 e. The molecular formula is C30H41N3O7S2. The van der Waals surface area contributed by atoms with Gasteiger partial charge >= 0.3 is 5.97 Å². The molecule has 1 amide bonds. The van der Waals surface area contributed by atoms with E-state index in [0.717, 1.165) is 62.5 Å². The summed E-state index contributed by atoms with van der Waals surface area (Å²) < 4.78 is 53.5. The van der Waals surface area contributed by atoms with Crippen molar-refractivity contribution in [1.29, 1.82) is 0 Å². The minimum atomic E-state index is -3.45. The topological polar surface area (TPSA) is 176 Å². The van der Waals surface area contributed by atoms with Gasteiger partial charge in [-0.15, -0.1) is 0 Å². The standard InChI is InChI=1S/C15H21N3O3S.C15H20O4S/c1-9-11(14(19)18-15(16)17)7-8-12(10-5-3-4-6-10)13(9)22(2,20)21;1-10-12(15(16)19-2)8-9-13(11-6-4-5-7-11)14(10)20(3,17)18/h7-8,10H,3-6H2,1-2H3,(H4,16,17,18,19);8-9,11H,4-7H2,1-3H3. The van der Waals surface area contributed by atoms with Gasteiger partial charge in [-0.3, -0.25) is 4.79 Å². The van der Waals surface area contributed by atoms with Crippen molar-refractivity contribution in [1.82, 2.24) is 0 Å². The van der Waals surface area contributed by atoms with Crippen LogP contribution in [0.25, 0.3) is 0 Å². The number of sulfone groups is 2. The van der Waals surface area contributed by atoms with Crippen molar-refractivity contribution in [2.24, 2.45) is 16.5 Å². The molecule has 0 radical (unpaired) electrons. The second kappa shape index (κ2) is 13.4. The average molecular weight is 620 g/mol. The van der Waals surface area contributed by atoms with Crippen LogP contribution in [0, 0.1) is 13.8 Å². The third kappa shape index (κ3) is 7.57. The molecule has 12 heteroatoms. The zero-order chi connectivity index (χ0) is 31.4. The molecule has 2 saturated carbocycles. The number of carbonyl (C=O) groups excluding carboxylic acids is 2. The van der Waals surface area contributed by atoms with Crippen molar-refractivity contribution in [3.63, 3.8) is 0 Å². The lowest BCUT2D eigenvalue weighted by atomic mass is 9.93. The Morgan fingerprint density at radius 3 is 1.48 bits per heavy atom. The van der Waals surface area contributed by atoms with Gasteiger partial charge in [0.2, 0.25) is 0 Å². The summed E-state index contributed by atoms with van der Waals surface area (Å²) in [4.78, 5) is 27.8. The highest BCUT2D eigenvalue weighted by atomic mass is 32.2. The molecule has 0 unspecified atom stereocenters. The van der Waals surface area contributed by atoms with Crippen LogP contribution in [0.1, 0.15) is 106 Å². The van der Waals surface area contributed by atoms with E-state index < -0.39 is 31.6 Å². The molecule has 10 nitrogen and oxygen atoms in total. The molecule has 2 fully saturated rings. The maximum atomic E-state index is 12.2. The van der Waals surface area contributed by atoms with E-state index >= 15 is 0 Å². The van der Waals surface area contributed by atoms with Crippen LogP contribution in [0.15, 0.2) is 39.0 Å². The fourth-order valence-corrected chi connectivity index (χ4v) is 8.92. The number of hydrogen-bond acceptors (Lipinski definition) is 7. The predicted octanol–water partition coefficient (Wildman–Crippen LogP) is 4.31. The normalized spacial score (nSPS) is 16.0. The van der Waals surface area contributed by atoms with E-state index in [2.05, 4.69) is 4.99 Å². The number of ether oxygens (including phenoxy) is 1. The third-order valence-electron chi connectivity index (χ3n) is 8.07. The summed E-state index contributed by atoms with van der Waals surface area (Å²) in [7, 11) is -5.52. The Morgan fingerprint density at radius 1 is 0.738 bits per heavy atom. The van der Waals surface area contributed by atoms with Gasteiger partial charge in [-0.1, -0.05) is 37.8 Å². The first kappa shape index (κ1) is 33.3. The van der Waals surface area contributed by atoms with Crippen LogP contribution >= 0.6 is 0 Å². The third-order valence-corrected chi connectivity index (χ3v) is 10.6. The van der Waals surface area contributed by atoms with E-state index in [-0.39, 0.29) is 28.3 Å². The highest BCUT2D eigenvalue weighted by molar-refractivity contribution is 7.91. The van der Waals surface area contributed by atoms with Crippen LogP contribution in [0.3, 0.4) is 0 Å². The Labute approximate surface area is 248 Å². The van der Waals surface area contributed by atoms with Crippen molar-refractivity contribution < 1.29 is 31.2 Å². The molecule has 0 heterocycles. The molecule has 2 aromatic rings. The summed E-state index contributed by atoms with van der Waals surface area (Å²) in [5, 5.41) is 0. The van der Waals surface area contributed by atoms with Gasteiger partial charge in [0.1, 0.15) is 0 Å². The molecule has 4 rings (SSSR count). The van der Waals surface area contributed by atoms with Gasteiger partial charge in [0, 0.05) is 18.1 Å². The second-order valence-electron chi connectivity index (χ2n) is 11.2. The largest absolute Gasteiger partial charge is 0.465 e. The van der Waals surface area contributed by atoms with Gasteiger partial charge in [0.05, 0.1) is 22.5 Å². The van der Waals surface area contributed by atoms with E-state index in [4.69, 9.17) is 16.2 Å². The quantitative estimate of drug-likeness (QED) is 0.271. The van der Waals surface area contributed by atoms with Crippen LogP contribution in [0.5, 0.6) is 0 Å². The van der Waals surface area contributed by atoms with Gasteiger partial charge < -0.3 is 16.2 Å². The van der Waals surface area contributed by atoms with Crippen LogP contribution in [-0.4, -0.2) is 54.3 Å². The molecule has 0 aromatic heterocycles. The molecule has 42 heavy (non-hydrogen) atoms. The Balaban J connectivity index is 0.000000231. The minimum Gasteiger partial charge on any atom is -0.465 e. The van der Waals surface area contributed by atoms with Crippen molar-refractivity contribution in [2.75, 3.05) is 19.6 Å². The van der Waals surface area contributed by atoms with E-state index in [1.54, 1.807) is 38.1 Å². The van der Waals surface area contributed by atoms with Gasteiger partial charge in [-0.2, -0.15) is 4.99 Å². The average Bonchev–Trinajstić information content (AvgIpc) is 3.61. The molecule has 2 aliphatic rings. The SMILES string of the molecule is COC(=O)c1ccc(C2CCCC2)c(S(C)(=O)=O)c1C.Cc1c(C(=O)N=C(N)N)ccc(C2CCCC2)c1S(C)(=O)=O. The molecule has 2 aromatic carbocycles. The van der Waals surface area contributed by atoms with Crippen LogP contribution in [-0.2, 0) is 24.4 Å². The van der Waals surface area contributed by atoms with Gasteiger partial charge in [-0.05, 0) is 85.8 Å². The first-order chi connectivity index (χ1) is 19.6. The molecule has 0 atom stereocenters. The summed E-state index contributed by atoms with van der Waals surface area (Å²) in [5.74, 6) is -0.948. The summed E-state index contributed by atoms with van der Waals surface area (Å²) >= 11 is 0. The summed E-state index contributed by atoms with van der Waals surface area (Å²) in [5.41, 5.74) is 13.6. The lowest BCUT2D eigenvalue weighted by molar-refractivity contribution is 0.0599. The molecule has 0 bridgehead atoms. The second-order valence-corrected chi connectivity index (χ2v) is 15.1. The number of carbonyl (C=O) groups is 2. The zero-order valence-corrected chi connectivity index (χ0v) is 26.5. The van der Waals surface area contributed by atoms with Crippen LogP contribution in [0.4, 0.5) is 0 Å². The minimum absolute atomic E-state index is 0.218. The lowest BCUT2D eigenvalue weighted by Gasteiger charge is -2.18. The number of nitrogens with zero attached hydrogens (tertiary/aromatic N) is 1. The Kier molecular flexibility index (Phi) is 10.6. The Hall–Kier alpha value is -3.25. The van der Waals surface area contributed by atoms with Crippen molar-refractivity contribution in [3.05, 3.63) is 57.6 Å². The molecule has 0 aliphatic heterocycles. The van der Waals surface area contributed by atoms with Gasteiger partial charge in [0.15, 0.2) is 25.6 Å². The Morgan fingerprint density at radius 2 is 1.12 bits per heavy atom. The fourth-order valence-electron chi connectivity index (χ4n) is 6.27. The lowest BCUT2D eigenvalue weighted by Crippen LogP contribution is -2.24. The molecule has 0 spiro atoms. The molecule has 230 valence electrons. The van der Waals surface area contributed by atoms with Crippen molar-refractivity contribution >= 4 is 37.5 Å². The predicted molar refractivity (Wildman–Crippen MR) is 162 cm³/mol. The number of benzene rings is 2. The van der Waals surface area contributed by atoms with E-state index in [1.165, 1.54) is 19.6 Å². The maximum absolute atomic E-state index is 12.2. The molecule has 4 N–H and O–H groups in total. The van der Waals surface area contributed by atoms with E-state index in [0.29, 0.717) is 21.6 Å². The van der Waals surface area contributed by atoms with E-state index in [1.807, 2.05) is 0 Å². The number of hydrogen-bond donors (Lipinski definition) is 2. The van der Waals surface area contributed by atoms with Crippen molar-refractivity contribution in [2.45, 2.75) is 86.8 Å². The Bertz CT molecular complexity index is 1600. The number of nitrogens with two attached hydrogens (primary N) is 2. The first-order valence-corrected chi connectivity index (χ1v) is 17.8. The molecule has 0 saturated heterocycles. The van der Waals surface area contributed by atoms with Crippen molar-refractivity contribution in [3.8, 4) is 0 Å². The zero-order valence-electron chi connectivity index (χ0n) is 24.9. The van der Waals surface area contributed by atoms with E-state index in [9.17, 15) is 26.4 Å². The maximum Gasteiger partial charge on any atom is 0.338 e. The van der Waals surface area contributed by atoms with Crippen LogP contribution < -0.4 is 11.5 Å². The van der Waals surface area contributed by atoms with Gasteiger partial charge in [0.25, 0.3) is 5.91 Å². The van der Waals surface area contributed by atoms with Gasteiger partial charge in [-0.25, -0.2) is 21.6 Å². The highest BCUT2D eigenvalue weighted by Gasteiger charge is 2.29. The fraction of sp³-hybridized carbons (Fsp3) is 0.500. The number of aliphatic imine (C=N–C) groups is 1. The molecule has 2 aliphatic carbocycles. The summed E-state index contributed by atoms with van der Waals surface area (Å²) in [6.45, 7) is 3.31. The summed E-state index contributed by atoms with van der Waals surface area (Å²) in [6.07, 6.45) is 10.8. The monoisotopic (exact) mass is 619 g/mol. The number of amides is 1. The highest BCUT2D eigenvalue weighted by Crippen LogP contribution is 2.40. The summed E-state index contributed by atoms with van der Waals surface area (Å²) in [6, 6.07) is 6.82.